The fourth-order valence-electron chi connectivity index (χ4n) is 4.14. The first kappa shape index (κ1) is 40.7. The van der Waals surface area contributed by atoms with E-state index in [1.807, 2.05) is 6.92 Å². The lowest BCUT2D eigenvalue weighted by Crippen LogP contribution is -2.28. The van der Waals surface area contributed by atoms with Crippen LogP contribution in [-0.4, -0.2) is 65.7 Å². The molecule has 0 fully saturated rings. The first-order valence-corrected chi connectivity index (χ1v) is 17.6. The normalized spacial score (nSPS) is 14.5. The van der Waals surface area contributed by atoms with Gasteiger partial charge in [0, 0.05) is 12.8 Å². The van der Waals surface area contributed by atoms with Crippen LogP contribution in [0.5, 0.6) is 0 Å². The predicted octanol–water partition coefficient (Wildman–Crippen LogP) is 6.94. The Hall–Kier alpha value is -1.29. The molecule has 0 spiro atoms. The molecule has 0 aliphatic heterocycles. The van der Waals surface area contributed by atoms with Gasteiger partial charge in [-0.15, -0.1) is 0 Å². The molecule has 0 aromatic carbocycles. The molecule has 42 heavy (non-hydrogen) atoms. The van der Waals surface area contributed by atoms with Gasteiger partial charge in [-0.05, 0) is 38.5 Å². The van der Waals surface area contributed by atoms with E-state index in [4.69, 9.17) is 18.5 Å². The lowest BCUT2D eigenvalue weighted by molar-refractivity contribution is -0.153. The summed E-state index contributed by atoms with van der Waals surface area (Å²) in [5, 5.41) is 18.8. The van der Waals surface area contributed by atoms with Crippen LogP contribution < -0.4 is 0 Å². The van der Waals surface area contributed by atoms with E-state index in [-0.39, 0.29) is 12.8 Å². The molecule has 0 aliphatic rings. The molecule has 11 heteroatoms. The molecule has 0 aromatic rings. The monoisotopic (exact) mass is 622 g/mol. The summed E-state index contributed by atoms with van der Waals surface area (Å²) in [6, 6.07) is 0. The Kier molecular flexibility index (Phi) is 27.6. The zero-order valence-corrected chi connectivity index (χ0v) is 27.1. The fourth-order valence-corrected chi connectivity index (χ4v) is 4.93. The van der Waals surface area contributed by atoms with Crippen molar-refractivity contribution in [2.24, 2.45) is 0 Å². The maximum atomic E-state index is 12.1. The molecular weight excluding hydrogens is 563 g/mol. The number of ether oxygens (including phenoxy) is 2. The third-order valence-corrected chi connectivity index (χ3v) is 7.68. The maximum absolute atomic E-state index is 12.1. The van der Waals surface area contributed by atoms with Gasteiger partial charge in [-0.1, -0.05) is 96.6 Å². The number of esters is 2. The number of phosphoric ester groups is 1. The quantitative estimate of drug-likeness (QED) is 0.0333. The van der Waals surface area contributed by atoms with Gasteiger partial charge in [0.15, 0.2) is 0 Å². The molecule has 3 atom stereocenters. The number of aliphatic hydroxyl groups is 2. The van der Waals surface area contributed by atoms with E-state index < -0.39 is 58.4 Å². The molecule has 0 bridgehead atoms. The highest BCUT2D eigenvalue weighted by Gasteiger charge is 2.27. The minimum absolute atomic E-state index is 0.168. The van der Waals surface area contributed by atoms with E-state index in [1.165, 1.54) is 64.2 Å². The highest BCUT2D eigenvalue weighted by Crippen LogP contribution is 2.43. The van der Waals surface area contributed by atoms with Gasteiger partial charge >= 0.3 is 19.8 Å². The summed E-state index contributed by atoms with van der Waals surface area (Å²) in [5.41, 5.74) is 0. The van der Waals surface area contributed by atoms with Crippen LogP contribution in [0.4, 0.5) is 0 Å². The molecular formula is C31H59O10P. The summed E-state index contributed by atoms with van der Waals surface area (Å²) in [6.45, 7) is 1.87. The fraction of sp³-hybridized carbons (Fsp3) is 0.871. The minimum Gasteiger partial charge on any atom is -0.457 e. The summed E-state index contributed by atoms with van der Waals surface area (Å²) >= 11 is 0. The zero-order chi connectivity index (χ0) is 31.3. The third kappa shape index (κ3) is 26.3. The summed E-state index contributed by atoms with van der Waals surface area (Å²) in [7, 11) is -4.60. The Labute approximate surface area is 254 Å². The van der Waals surface area contributed by atoms with Crippen molar-refractivity contribution in [1.29, 1.82) is 0 Å². The number of hydrogen-bond acceptors (Lipinski definition) is 9. The van der Waals surface area contributed by atoms with E-state index in [1.54, 1.807) is 0 Å². The van der Waals surface area contributed by atoms with Crippen LogP contribution in [0.15, 0.2) is 12.2 Å². The molecule has 0 aromatic heterocycles. The second-order valence-corrected chi connectivity index (χ2v) is 12.2. The summed E-state index contributed by atoms with van der Waals surface area (Å²) in [5.74, 6) is -1.06. The number of aliphatic hydroxyl groups excluding tert-OH is 2. The van der Waals surface area contributed by atoms with E-state index in [0.717, 1.165) is 32.1 Å². The van der Waals surface area contributed by atoms with Gasteiger partial charge in [-0.3, -0.25) is 18.6 Å². The molecule has 248 valence electrons. The maximum Gasteiger partial charge on any atom is 0.472 e. The number of rotatable bonds is 30. The zero-order valence-electron chi connectivity index (χ0n) is 26.2. The highest BCUT2D eigenvalue weighted by molar-refractivity contribution is 7.47. The van der Waals surface area contributed by atoms with E-state index in [2.05, 4.69) is 19.1 Å². The topological polar surface area (TPSA) is 149 Å². The molecule has 0 amide bonds. The Morgan fingerprint density at radius 1 is 0.619 bits per heavy atom. The predicted molar refractivity (Wildman–Crippen MR) is 164 cm³/mol. The number of carbonyl (C=O) groups is 2. The molecule has 0 saturated carbocycles. The van der Waals surface area contributed by atoms with Gasteiger partial charge in [-0.2, -0.15) is 0 Å². The van der Waals surface area contributed by atoms with Gasteiger partial charge in [0.2, 0.25) is 0 Å². The van der Waals surface area contributed by atoms with Crippen LogP contribution >= 0.6 is 7.82 Å². The first-order chi connectivity index (χ1) is 20.3. The third-order valence-electron chi connectivity index (χ3n) is 6.73. The van der Waals surface area contributed by atoms with E-state index >= 15 is 0 Å². The molecule has 10 nitrogen and oxygen atoms in total. The van der Waals surface area contributed by atoms with E-state index in [9.17, 15) is 29.3 Å². The van der Waals surface area contributed by atoms with Crippen molar-refractivity contribution in [3.05, 3.63) is 12.2 Å². The van der Waals surface area contributed by atoms with Crippen molar-refractivity contribution in [2.75, 3.05) is 26.4 Å². The second-order valence-electron chi connectivity index (χ2n) is 10.8. The number of allylic oxidation sites excluding steroid dienone is 2. The largest absolute Gasteiger partial charge is 0.472 e. The van der Waals surface area contributed by atoms with Gasteiger partial charge in [0.25, 0.3) is 0 Å². The van der Waals surface area contributed by atoms with Crippen LogP contribution in [0.25, 0.3) is 0 Å². The molecule has 3 unspecified atom stereocenters. The molecule has 0 heterocycles. The number of carbonyl (C=O) groups excluding carboxylic acids is 2. The van der Waals surface area contributed by atoms with Gasteiger partial charge in [-0.25, -0.2) is 4.57 Å². The van der Waals surface area contributed by atoms with Crippen LogP contribution in [0, 0.1) is 0 Å². The van der Waals surface area contributed by atoms with Gasteiger partial charge < -0.3 is 24.6 Å². The van der Waals surface area contributed by atoms with Crippen molar-refractivity contribution in [2.45, 2.75) is 148 Å². The summed E-state index contributed by atoms with van der Waals surface area (Å²) < 4.78 is 31.8. The standard InChI is InChI=1S/C31H59O10P/c1-3-5-7-8-9-10-11-12-13-14-15-16-17-18-19-20-21-23-31(35)41-29(25-33)27-39-42(36,37)38-26-28(24-32)40-30(34)22-6-4-2/h12-13,28-29,32-33H,3-11,14-27H2,1-2H3,(H,36,37)/b13-12-. The SMILES string of the molecule is CCCCCCCC/C=C\CCCCCCCCCC(=O)OC(CO)COP(=O)(O)OCC(CO)OC(=O)CCCC. The Morgan fingerprint density at radius 2 is 1.00 bits per heavy atom. The van der Waals surface area contributed by atoms with Crippen molar-refractivity contribution >= 4 is 19.8 Å². The smallest absolute Gasteiger partial charge is 0.457 e. The molecule has 0 saturated heterocycles. The number of unbranched alkanes of at least 4 members (excludes halogenated alkanes) is 14. The highest BCUT2D eigenvalue weighted by atomic mass is 31.2. The second kappa shape index (κ2) is 28.5. The average Bonchev–Trinajstić information content (AvgIpc) is 2.97. The lowest BCUT2D eigenvalue weighted by atomic mass is 10.1. The Morgan fingerprint density at radius 3 is 1.43 bits per heavy atom. The van der Waals surface area contributed by atoms with Crippen molar-refractivity contribution in [3.63, 3.8) is 0 Å². The first-order valence-electron chi connectivity index (χ1n) is 16.1. The van der Waals surface area contributed by atoms with Crippen LogP contribution in [0.2, 0.25) is 0 Å². The van der Waals surface area contributed by atoms with Gasteiger partial charge in [0.1, 0.15) is 12.2 Å². The Balaban J connectivity index is 3.88. The van der Waals surface area contributed by atoms with Crippen LogP contribution in [0.3, 0.4) is 0 Å². The van der Waals surface area contributed by atoms with Crippen molar-refractivity contribution in [1.82, 2.24) is 0 Å². The molecule has 3 N–H and O–H groups in total. The molecule has 0 aliphatic carbocycles. The van der Waals surface area contributed by atoms with Crippen molar-refractivity contribution in [3.8, 4) is 0 Å². The lowest BCUT2D eigenvalue weighted by Gasteiger charge is -2.20. The summed E-state index contributed by atoms with van der Waals surface area (Å²) in [6.07, 6.45) is 21.9. The molecule has 0 radical (unpaired) electrons. The van der Waals surface area contributed by atoms with Crippen LogP contribution in [-0.2, 0) is 32.7 Å². The number of phosphoric acid groups is 1. The van der Waals surface area contributed by atoms with Crippen LogP contribution in [0.1, 0.15) is 136 Å². The Bertz CT molecular complexity index is 731. The average molecular weight is 623 g/mol. The molecule has 0 rings (SSSR count). The number of hydrogen-bond donors (Lipinski definition) is 3. The van der Waals surface area contributed by atoms with Crippen molar-refractivity contribution < 1.29 is 47.8 Å². The van der Waals surface area contributed by atoms with E-state index in [0.29, 0.717) is 12.8 Å². The summed E-state index contributed by atoms with van der Waals surface area (Å²) in [4.78, 5) is 33.6. The van der Waals surface area contributed by atoms with Gasteiger partial charge in [0.05, 0.1) is 26.4 Å². The minimum atomic E-state index is -4.60.